The van der Waals surface area contributed by atoms with E-state index in [0.29, 0.717) is 11.6 Å². The second kappa shape index (κ2) is 7.95. The molecule has 1 unspecified atom stereocenters. The number of H-pyrrole nitrogens is 1. The van der Waals surface area contributed by atoms with E-state index >= 15 is 0 Å². The number of benzene rings is 1. The number of amides is 1. The maximum atomic E-state index is 12.7. The molecule has 1 aliphatic heterocycles. The number of carbonyl (C=O) groups excluding carboxylic acids is 1. The van der Waals surface area contributed by atoms with Crippen LogP contribution in [0.4, 0.5) is 0 Å². The van der Waals surface area contributed by atoms with Gasteiger partial charge >= 0.3 is 0 Å². The summed E-state index contributed by atoms with van der Waals surface area (Å²) in [7, 11) is 1.95. The number of hydrogen-bond donors (Lipinski definition) is 2. The first-order valence-electron chi connectivity index (χ1n) is 7.44. The van der Waals surface area contributed by atoms with Crippen molar-refractivity contribution in [3.05, 3.63) is 40.5 Å². The lowest BCUT2D eigenvalue weighted by atomic mass is 10.1. The fourth-order valence-electron chi connectivity index (χ4n) is 2.89. The molecular formula is C16H20BrClN4O. The fourth-order valence-corrected chi connectivity index (χ4v) is 3.46. The van der Waals surface area contributed by atoms with E-state index in [9.17, 15) is 4.79 Å². The minimum absolute atomic E-state index is 0. The van der Waals surface area contributed by atoms with Crippen LogP contribution in [0.1, 0.15) is 16.9 Å². The van der Waals surface area contributed by atoms with Crippen molar-refractivity contribution >= 4 is 34.2 Å². The van der Waals surface area contributed by atoms with Gasteiger partial charge in [-0.2, -0.15) is 5.10 Å². The number of aromatic amines is 1. The van der Waals surface area contributed by atoms with Crippen molar-refractivity contribution < 1.29 is 4.79 Å². The Morgan fingerprint density at radius 3 is 2.87 bits per heavy atom. The van der Waals surface area contributed by atoms with Gasteiger partial charge in [-0.25, -0.2) is 0 Å². The van der Waals surface area contributed by atoms with Gasteiger partial charge in [0.1, 0.15) is 11.4 Å². The molecule has 0 aliphatic carbocycles. The van der Waals surface area contributed by atoms with Crippen LogP contribution in [0.2, 0.25) is 0 Å². The molecule has 0 spiro atoms. The van der Waals surface area contributed by atoms with E-state index < -0.39 is 0 Å². The van der Waals surface area contributed by atoms with Crippen LogP contribution in [0, 0.1) is 5.92 Å². The van der Waals surface area contributed by atoms with Gasteiger partial charge < -0.3 is 10.2 Å². The summed E-state index contributed by atoms with van der Waals surface area (Å²) in [6.07, 6.45) is 1.05. The predicted octanol–water partition coefficient (Wildman–Crippen LogP) is 2.94. The third-order valence-corrected chi connectivity index (χ3v) is 4.81. The lowest BCUT2D eigenvalue weighted by molar-refractivity contribution is 0.0780. The third-order valence-electron chi connectivity index (χ3n) is 4.03. The summed E-state index contributed by atoms with van der Waals surface area (Å²) >= 11 is 3.53. The zero-order valence-electron chi connectivity index (χ0n) is 12.9. The van der Waals surface area contributed by atoms with E-state index in [1.54, 1.807) is 0 Å². The highest BCUT2D eigenvalue weighted by atomic mass is 79.9. The van der Waals surface area contributed by atoms with Crippen LogP contribution in [-0.4, -0.2) is 47.7 Å². The van der Waals surface area contributed by atoms with Gasteiger partial charge in [0.05, 0.1) is 4.47 Å². The predicted molar refractivity (Wildman–Crippen MR) is 96.9 cm³/mol. The molecule has 1 aromatic heterocycles. The largest absolute Gasteiger partial charge is 0.337 e. The topological polar surface area (TPSA) is 61.0 Å². The van der Waals surface area contributed by atoms with Crippen LogP contribution in [0.5, 0.6) is 0 Å². The monoisotopic (exact) mass is 398 g/mol. The molecule has 124 valence electrons. The number of hydrogen-bond acceptors (Lipinski definition) is 3. The van der Waals surface area contributed by atoms with Crippen molar-refractivity contribution in [2.75, 3.05) is 26.7 Å². The molecule has 0 saturated carbocycles. The van der Waals surface area contributed by atoms with Crippen LogP contribution >= 0.6 is 28.3 Å². The molecule has 2 N–H and O–H groups in total. The molecular weight excluding hydrogens is 380 g/mol. The Morgan fingerprint density at radius 2 is 2.17 bits per heavy atom. The average molecular weight is 400 g/mol. The van der Waals surface area contributed by atoms with Gasteiger partial charge in [-0.15, -0.1) is 12.4 Å². The van der Waals surface area contributed by atoms with Crippen molar-refractivity contribution in [2.24, 2.45) is 5.92 Å². The molecule has 23 heavy (non-hydrogen) atoms. The van der Waals surface area contributed by atoms with Crippen molar-refractivity contribution in [3.8, 4) is 11.3 Å². The number of rotatable bonds is 4. The summed E-state index contributed by atoms with van der Waals surface area (Å²) in [5.74, 6) is 0.546. The number of carbonyl (C=O) groups is 1. The molecule has 3 rings (SSSR count). The maximum absolute atomic E-state index is 12.7. The molecule has 1 amide bonds. The molecule has 2 aromatic rings. The van der Waals surface area contributed by atoms with Gasteiger partial charge in [0, 0.05) is 18.7 Å². The van der Waals surface area contributed by atoms with Gasteiger partial charge in [-0.1, -0.05) is 30.3 Å². The van der Waals surface area contributed by atoms with E-state index in [2.05, 4.69) is 31.4 Å². The lowest BCUT2D eigenvalue weighted by Gasteiger charge is -2.15. The second-order valence-corrected chi connectivity index (χ2v) is 6.38. The molecule has 0 radical (unpaired) electrons. The van der Waals surface area contributed by atoms with Gasteiger partial charge in [0.25, 0.3) is 5.91 Å². The zero-order valence-corrected chi connectivity index (χ0v) is 15.3. The zero-order chi connectivity index (χ0) is 15.5. The lowest BCUT2D eigenvalue weighted by Crippen LogP contribution is -2.30. The van der Waals surface area contributed by atoms with Crippen LogP contribution in [0.3, 0.4) is 0 Å². The smallest absolute Gasteiger partial charge is 0.273 e. The quantitative estimate of drug-likeness (QED) is 0.831. The first kappa shape index (κ1) is 18.0. The number of aromatic nitrogens is 2. The van der Waals surface area contributed by atoms with Crippen LogP contribution < -0.4 is 5.32 Å². The van der Waals surface area contributed by atoms with Crippen LogP contribution in [0.15, 0.2) is 34.8 Å². The van der Waals surface area contributed by atoms with E-state index in [1.807, 2.05) is 42.3 Å². The van der Waals surface area contributed by atoms with Crippen molar-refractivity contribution in [3.63, 3.8) is 0 Å². The van der Waals surface area contributed by atoms with E-state index in [0.717, 1.165) is 41.8 Å². The van der Waals surface area contributed by atoms with Gasteiger partial charge in [-0.05, 0) is 41.9 Å². The molecule has 2 heterocycles. The van der Waals surface area contributed by atoms with Crippen molar-refractivity contribution in [2.45, 2.75) is 6.42 Å². The van der Waals surface area contributed by atoms with Gasteiger partial charge in [0.2, 0.25) is 0 Å². The highest BCUT2D eigenvalue weighted by Gasteiger charge is 2.29. The van der Waals surface area contributed by atoms with E-state index in [4.69, 9.17) is 0 Å². The summed E-state index contributed by atoms with van der Waals surface area (Å²) < 4.78 is 0.737. The Hall–Kier alpha value is -1.37. The first-order chi connectivity index (χ1) is 10.7. The Morgan fingerprint density at radius 1 is 1.43 bits per heavy atom. The number of nitrogens with one attached hydrogen (secondary N) is 2. The molecule has 7 heteroatoms. The Kier molecular flexibility index (Phi) is 6.21. The number of likely N-dealkylation sites (tertiary alicyclic amines) is 1. The average Bonchev–Trinajstić information content (AvgIpc) is 3.15. The first-order valence-corrected chi connectivity index (χ1v) is 8.23. The third kappa shape index (κ3) is 3.76. The molecule has 1 aromatic carbocycles. The highest BCUT2D eigenvalue weighted by molar-refractivity contribution is 9.10. The summed E-state index contributed by atoms with van der Waals surface area (Å²) in [5.41, 5.74) is 2.29. The SMILES string of the molecule is CNCC1CCN(C(=O)c2[nH]nc(-c3ccccc3)c2Br)C1.Cl. The van der Waals surface area contributed by atoms with E-state index in [-0.39, 0.29) is 18.3 Å². The molecule has 0 bridgehead atoms. The molecule has 1 saturated heterocycles. The molecule has 5 nitrogen and oxygen atoms in total. The van der Waals surface area contributed by atoms with Gasteiger partial charge in [-0.3, -0.25) is 9.89 Å². The van der Waals surface area contributed by atoms with Crippen LogP contribution in [0.25, 0.3) is 11.3 Å². The molecule has 1 atom stereocenters. The minimum atomic E-state index is 0. The second-order valence-electron chi connectivity index (χ2n) is 5.59. The summed E-state index contributed by atoms with van der Waals surface area (Å²) in [6.45, 7) is 2.55. The maximum Gasteiger partial charge on any atom is 0.273 e. The van der Waals surface area contributed by atoms with Crippen LogP contribution in [-0.2, 0) is 0 Å². The van der Waals surface area contributed by atoms with Gasteiger partial charge in [0.15, 0.2) is 0 Å². The van der Waals surface area contributed by atoms with Crippen molar-refractivity contribution in [1.82, 2.24) is 20.4 Å². The van der Waals surface area contributed by atoms with E-state index in [1.165, 1.54) is 0 Å². The summed E-state index contributed by atoms with van der Waals surface area (Å²) in [6, 6.07) is 9.84. The minimum Gasteiger partial charge on any atom is -0.337 e. The molecule has 1 fully saturated rings. The normalized spacial score (nSPS) is 17.1. The summed E-state index contributed by atoms with van der Waals surface area (Å²) in [4.78, 5) is 14.6. The number of halogens is 2. The molecule has 1 aliphatic rings. The standard InChI is InChI=1S/C16H19BrN4O.ClH/c1-18-9-11-7-8-21(10-11)16(22)15-13(17)14(19-20-15)12-5-3-2-4-6-12;/h2-6,11,18H,7-10H2,1H3,(H,19,20);1H. The highest BCUT2D eigenvalue weighted by Crippen LogP contribution is 2.30. The number of nitrogens with zero attached hydrogens (tertiary/aromatic N) is 2. The Bertz CT molecular complexity index is 661. The Labute approximate surface area is 150 Å². The summed E-state index contributed by atoms with van der Waals surface area (Å²) in [5, 5.41) is 10.4. The Balaban J connectivity index is 0.00000192. The van der Waals surface area contributed by atoms with Crippen molar-refractivity contribution in [1.29, 1.82) is 0 Å². The fraction of sp³-hybridized carbons (Fsp3) is 0.375.